The first-order chi connectivity index (χ1) is 14.4. The number of para-hydroxylation sites is 2. The van der Waals surface area contributed by atoms with Gasteiger partial charge in [-0.25, -0.2) is 9.97 Å². The van der Waals surface area contributed by atoms with Crippen molar-refractivity contribution < 1.29 is 14.3 Å². The van der Waals surface area contributed by atoms with Crippen molar-refractivity contribution >= 4 is 28.3 Å². The van der Waals surface area contributed by atoms with Crippen LogP contribution < -0.4 is 4.74 Å². The smallest absolute Gasteiger partial charge is 0.308 e. The van der Waals surface area contributed by atoms with E-state index in [4.69, 9.17) is 14.5 Å². The molecule has 0 aliphatic heterocycles. The maximum atomic E-state index is 11.1. The molecule has 5 nitrogen and oxygen atoms in total. The molecule has 0 radical (unpaired) electrons. The highest BCUT2D eigenvalue weighted by atomic mass is 32.1. The number of thiophene rings is 1. The molecular weight excluding hydrogens is 396 g/mol. The molecule has 1 saturated carbocycles. The van der Waals surface area contributed by atoms with Crippen LogP contribution in [0.15, 0.2) is 41.8 Å². The van der Waals surface area contributed by atoms with Gasteiger partial charge in [-0.2, -0.15) is 0 Å². The van der Waals surface area contributed by atoms with Gasteiger partial charge in [-0.1, -0.05) is 32.0 Å². The highest BCUT2D eigenvalue weighted by Gasteiger charge is 2.20. The maximum Gasteiger partial charge on any atom is 0.308 e. The quantitative estimate of drug-likeness (QED) is 0.450. The first-order valence-electron chi connectivity index (χ1n) is 10.6. The number of aromatic nitrogens is 2. The van der Waals surface area contributed by atoms with Gasteiger partial charge < -0.3 is 9.47 Å². The summed E-state index contributed by atoms with van der Waals surface area (Å²) in [5.41, 5.74) is 2.57. The lowest BCUT2D eigenvalue weighted by Gasteiger charge is -2.12. The minimum absolute atomic E-state index is 0.0237. The summed E-state index contributed by atoms with van der Waals surface area (Å²) in [6.45, 7) is 7.73. The minimum atomic E-state index is -0.0445. The van der Waals surface area contributed by atoms with E-state index in [1.54, 1.807) is 11.3 Å². The summed E-state index contributed by atoms with van der Waals surface area (Å²) in [4.78, 5) is 21.4. The summed E-state index contributed by atoms with van der Waals surface area (Å²) >= 11 is 1.64. The second kappa shape index (κ2) is 10.5. The molecule has 3 aromatic rings. The van der Waals surface area contributed by atoms with Crippen molar-refractivity contribution in [3.8, 4) is 16.5 Å². The molecule has 0 unspecified atom stereocenters. The van der Waals surface area contributed by atoms with Gasteiger partial charge in [-0.3, -0.25) is 4.79 Å². The van der Waals surface area contributed by atoms with Gasteiger partial charge in [0.2, 0.25) is 5.88 Å². The molecule has 0 N–H and O–H groups in total. The van der Waals surface area contributed by atoms with Crippen LogP contribution in [-0.2, 0) is 9.53 Å². The zero-order valence-corrected chi connectivity index (χ0v) is 18.9. The number of nitrogens with zero attached hydrogens (tertiary/aromatic N) is 2. The Bertz CT molecular complexity index is 948. The highest BCUT2D eigenvalue weighted by Crippen LogP contribution is 2.32. The van der Waals surface area contributed by atoms with Crippen LogP contribution in [0.4, 0.5) is 0 Å². The van der Waals surface area contributed by atoms with Gasteiger partial charge in [-0.05, 0) is 63.1 Å². The Balaban J connectivity index is 0.000000199. The molecule has 0 saturated heterocycles. The zero-order valence-electron chi connectivity index (χ0n) is 18.1. The third-order valence-corrected chi connectivity index (χ3v) is 5.57. The Hall–Kier alpha value is -2.47. The van der Waals surface area contributed by atoms with E-state index in [1.807, 2.05) is 69.5 Å². The van der Waals surface area contributed by atoms with E-state index in [0.717, 1.165) is 34.4 Å². The van der Waals surface area contributed by atoms with Crippen molar-refractivity contribution in [2.75, 3.05) is 0 Å². The minimum Gasteiger partial charge on any atom is -0.473 e. The van der Waals surface area contributed by atoms with Crippen LogP contribution in [0.25, 0.3) is 21.6 Å². The molecule has 6 heteroatoms. The standard InChI is InChI=1S/C15H14N2OS.C9H16O2/c1-10(2)18-15-14(13-8-5-9-19-13)16-11-6-3-4-7-12(11)17-15;1-7(2)9(10)11-8-5-3-4-6-8/h3-10H,1-2H3;7-8H,3-6H2,1-2H3. The Labute approximate surface area is 182 Å². The highest BCUT2D eigenvalue weighted by molar-refractivity contribution is 7.13. The Morgan fingerprint density at radius 3 is 2.23 bits per heavy atom. The molecule has 2 heterocycles. The average Bonchev–Trinajstić information content (AvgIpc) is 3.41. The van der Waals surface area contributed by atoms with Crippen LogP contribution in [-0.4, -0.2) is 28.1 Å². The van der Waals surface area contributed by atoms with Crippen molar-refractivity contribution in [1.29, 1.82) is 0 Å². The molecule has 1 aromatic carbocycles. The molecular formula is C24H30N2O3S. The second-order valence-corrected chi connectivity index (χ2v) is 8.96. The molecule has 0 atom stereocenters. The van der Waals surface area contributed by atoms with E-state index >= 15 is 0 Å². The predicted molar refractivity (Wildman–Crippen MR) is 122 cm³/mol. The van der Waals surface area contributed by atoms with Gasteiger partial charge in [0.1, 0.15) is 11.8 Å². The van der Waals surface area contributed by atoms with Crippen molar-refractivity contribution in [3.63, 3.8) is 0 Å². The van der Waals surface area contributed by atoms with Gasteiger partial charge in [-0.15, -0.1) is 11.3 Å². The fourth-order valence-corrected chi connectivity index (χ4v) is 3.88. The summed E-state index contributed by atoms with van der Waals surface area (Å²) in [5, 5.41) is 2.03. The van der Waals surface area contributed by atoms with Gasteiger partial charge in [0.25, 0.3) is 0 Å². The van der Waals surface area contributed by atoms with Gasteiger partial charge in [0.05, 0.1) is 27.9 Å². The number of benzene rings is 1. The van der Waals surface area contributed by atoms with Crippen LogP contribution >= 0.6 is 11.3 Å². The number of hydrogen-bond donors (Lipinski definition) is 0. The summed E-state index contributed by atoms with van der Waals surface area (Å²) in [6.07, 6.45) is 4.88. The zero-order chi connectivity index (χ0) is 21.5. The Morgan fingerprint density at radius 2 is 1.67 bits per heavy atom. The van der Waals surface area contributed by atoms with Crippen LogP contribution in [0, 0.1) is 5.92 Å². The molecule has 30 heavy (non-hydrogen) atoms. The van der Waals surface area contributed by atoms with E-state index in [9.17, 15) is 4.79 Å². The van der Waals surface area contributed by atoms with Crippen LogP contribution in [0.1, 0.15) is 53.4 Å². The topological polar surface area (TPSA) is 61.3 Å². The fourth-order valence-electron chi connectivity index (χ4n) is 3.17. The molecule has 1 aliphatic carbocycles. The lowest BCUT2D eigenvalue weighted by atomic mass is 10.2. The van der Waals surface area contributed by atoms with Crippen molar-refractivity contribution in [2.45, 2.75) is 65.6 Å². The number of rotatable bonds is 5. The van der Waals surface area contributed by atoms with Gasteiger partial charge >= 0.3 is 5.97 Å². The lowest BCUT2D eigenvalue weighted by molar-refractivity contribution is -0.152. The normalized spacial score (nSPS) is 14.1. The molecule has 1 aliphatic rings. The number of carbonyl (C=O) groups is 1. The van der Waals surface area contributed by atoms with E-state index in [0.29, 0.717) is 5.88 Å². The average molecular weight is 427 g/mol. The number of carbonyl (C=O) groups excluding carboxylic acids is 1. The third kappa shape index (κ3) is 6.02. The van der Waals surface area contributed by atoms with Gasteiger partial charge in [0.15, 0.2) is 0 Å². The molecule has 160 valence electrons. The van der Waals surface area contributed by atoms with Crippen molar-refractivity contribution in [3.05, 3.63) is 41.8 Å². The van der Waals surface area contributed by atoms with E-state index < -0.39 is 0 Å². The molecule has 0 spiro atoms. The van der Waals surface area contributed by atoms with E-state index in [2.05, 4.69) is 4.98 Å². The van der Waals surface area contributed by atoms with E-state index in [-0.39, 0.29) is 24.1 Å². The first-order valence-corrected chi connectivity index (χ1v) is 11.5. The van der Waals surface area contributed by atoms with Gasteiger partial charge in [0, 0.05) is 0 Å². The SMILES string of the molecule is CC(C)C(=O)OC1CCCC1.CC(C)Oc1nc2ccccc2nc1-c1cccs1. The van der Waals surface area contributed by atoms with Crippen molar-refractivity contribution in [1.82, 2.24) is 9.97 Å². The molecule has 1 fully saturated rings. The lowest BCUT2D eigenvalue weighted by Crippen LogP contribution is -2.18. The van der Waals surface area contributed by atoms with E-state index in [1.165, 1.54) is 12.8 Å². The summed E-state index contributed by atoms with van der Waals surface area (Å²) in [6, 6.07) is 11.9. The van der Waals surface area contributed by atoms with Crippen LogP contribution in [0.3, 0.4) is 0 Å². The number of ether oxygens (including phenoxy) is 2. The molecule has 4 rings (SSSR count). The second-order valence-electron chi connectivity index (χ2n) is 8.01. The molecule has 2 aromatic heterocycles. The van der Waals surface area contributed by atoms with Crippen LogP contribution in [0.5, 0.6) is 5.88 Å². The molecule has 0 bridgehead atoms. The first kappa shape index (κ1) is 22.2. The Morgan fingerprint density at radius 1 is 1.00 bits per heavy atom. The summed E-state index contributed by atoms with van der Waals surface area (Å²) in [7, 11) is 0. The number of fused-ring (bicyclic) bond motifs is 1. The molecule has 0 amide bonds. The number of hydrogen-bond acceptors (Lipinski definition) is 6. The van der Waals surface area contributed by atoms with Crippen LogP contribution in [0.2, 0.25) is 0 Å². The largest absolute Gasteiger partial charge is 0.473 e. The number of esters is 1. The summed E-state index contributed by atoms with van der Waals surface area (Å²) in [5.74, 6) is 0.587. The Kier molecular flexibility index (Phi) is 7.80. The summed E-state index contributed by atoms with van der Waals surface area (Å²) < 4.78 is 11.0. The maximum absolute atomic E-state index is 11.1. The van der Waals surface area contributed by atoms with Crippen molar-refractivity contribution in [2.24, 2.45) is 5.92 Å². The fraction of sp³-hybridized carbons (Fsp3) is 0.458. The third-order valence-electron chi connectivity index (χ3n) is 4.70. The predicted octanol–water partition coefficient (Wildman–Crippen LogP) is 6.27. The monoisotopic (exact) mass is 426 g/mol.